The number of thiazole rings is 1. The number of ether oxygens (including phenoxy) is 3. The lowest BCUT2D eigenvalue weighted by Crippen LogP contribution is -2.51. The average Bonchev–Trinajstić information content (AvgIpc) is 3.95. The van der Waals surface area contributed by atoms with Crippen molar-refractivity contribution in [3.05, 3.63) is 54.1 Å². The molecule has 12 nitrogen and oxygen atoms in total. The minimum atomic E-state index is -4.03. The van der Waals surface area contributed by atoms with E-state index in [0.29, 0.717) is 12.6 Å². The summed E-state index contributed by atoms with van der Waals surface area (Å²) in [5.74, 6) is -0.0448. The Morgan fingerprint density at radius 2 is 1.83 bits per heavy atom. The number of aromatic nitrogens is 1. The lowest BCUT2D eigenvalue weighted by Gasteiger charge is -2.36. The van der Waals surface area contributed by atoms with Crippen molar-refractivity contribution in [2.24, 2.45) is 11.8 Å². The van der Waals surface area contributed by atoms with Crippen LogP contribution in [0.3, 0.4) is 0 Å². The smallest absolute Gasteiger partial charge is 0.407 e. The number of carbonyl (C=O) groups excluding carboxylic acids is 1. The summed E-state index contributed by atoms with van der Waals surface area (Å²) in [4.78, 5) is 20.8. The number of hydrogen-bond acceptors (Lipinski definition) is 11. The zero-order valence-corrected chi connectivity index (χ0v) is 31.8. The Labute approximate surface area is 311 Å². The van der Waals surface area contributed by atoms with Crippen LogP contribution in [0.25, 0.3) is 10.2 Å². The van der Waals surface area contributed by atoms with Crippen molar-refractivity contribution < 1.29 is 32.5 Å². The van der Waals surface area contributed by atoms with Gasteiger partial charge in [0.2, 0.25) is 10.0 Å². The largest absolute Gasteiger partial charge is 0.443 e. The van der Waals surface area contributed by atoms with Gasteiger partial charge in [-0.15, -0.1) is 0 Å². The number of nitrogens with one attached hydrogen (secondary N) is 2. The molecule has 4 fully saturated rings. The number of aliphatic hydroxyl groups excluding tert-OH is 1. The number of fused-ring (bicyclic) bond motifs is 2. The molecule has 1 saturated carbocycles. The zero-order chi connectivity index (χ0) is 36.2. The second-order valence-corrected chi connectivity index (χ2v) is 18.2. The maximum absolute atomic E-state index is 14.3. The molecule has 3 N–H and O–H groups in total. The lowest BCUT2D eigenvalue weighted by atomic mass is 10.0. The van der Waals surface area contributed by atoms with Crippen LogP contribution in [0.2, 0.25) is 0 Å². The van der Waals surface area contributed by atoms with Gasteiger partial charge in [0.25, 0.3) is 0 Å². The Balaban J connectivity index is 1.03. The van der Waals surface area contributed by atoms with Gasteiger partial charge in [0.15, 0.2) is 11.4 Å². The summed E-state index contributed by atoms with van der Waals surface area (Å²) in [5, 5.41) is 19.0. The summed E-state index contributed by atoms with van der Waals surface area (Å²) in [6.07, 6.45) is 5.77. The molecule has 5 atom stereocenters. The van der Waals surface area contributed by atoms with Crippen LogP contribution < -0.4 is 10.6 Å². The van der Waals surface area contributed by atoms with Crippen LogP contribution in [0.15, 0.2) is 53.4 Å². The molecule has 52 heavy (non-hydrogen) atoms. The van der Waals surface area contributed by atoms with Crippen LogP contribution in [0.4, 0.5) is 9.93 Å². The van der Waals surface area contributed by atoms with Crippen molar-refractivity contribution in [1.82, 2.24) is 19.5 Å². The summed E-state index contributed by atoms with van der Waals surface area (Å²) in [6, 6.07) is 14.8. The van der Waals surface area contributed by atoms with Crippen molar-refractivity contribution >= 4 is 42.8 Å². The van der Waals surface area contributed by atoms with Crippen molar-refractivity contribution in [2.45, 2.75) is 107 Å². The summed E-state index contributed by atoms with van der Waals surface area (Å²) < 4.78 is 47.6. The van der Waals surface area contributed by atoms with Crippen LogP contribution in [0.1, 0.15) is 64.4 Å². The molecule has 0 radical (unpaired) electrons. The van der Waals surface area contributed by atoms with E-state index < -0.39 is 34.4 Å². The van der Waals surface area contributed by atoms with E-state index in [2.05, 4.69) is 15.5 Å². The van der Waals surface area contributed by atoms with E-state index in [1.807, 2.05) is 44.2 Å². The van der Waals surface area contributed by atoms with Gasteiger partial charge in [0.1, 0.15) is 6.10 Å². The van der Waals surface area contributed by atoms with Gasteiger partial charge < -0.3 is 34.9 Å². The average molecular weight is 756 g/mol. The van der Waals surface area contributed by atoms with Gasteiger partial charge in [-0.05, 0) is 68.2 Å². The predicted octanol–water partition coefficient (Wildman–Crippen LogP) is 5.22. The molecule has 0 bridgehead atoms. The minimum absolute atomic E-state index is 0.0144. The maximum atomic E-state index is 14.3. The lowest BCUT2D eigenvalue weighted by molar-refractivity contribution is -0.0907. The number of hydrogen-bond donors (Lipinski definition) is 3. The number of rotatable bonds is 14. The maximum Gasteiger partial charge on any atom is 0.407 e. The second-order valence-electron chi connectivity index (χ2n) is 15.2. The van der Waals surface area contributed by atoms with Gasteiger partial charge in [0, 0.05) is 38.3 Å². The SMILES string of the molecule is CC(C)CN(C[C@@H](O)[C@H](Cc1ccccc1)NC(=O)O[C@H]1CO[C@H]2OCC[C@H]21)S(=O)(=O)c1ccc2nc(NC3CCN(C4CCCC4)CC3)sc2c1. The van der Waals surface area contributed by atoms with Gasteiger partial charge in [0.05, 0.1) is 46.4 Å². The van der Waals surface area contributed by atoms with Crippen molar-refractivity contribution in [2.75, 3.05) is 44.7 Å². The first-order valence-corrected chi connectivity index (χ1v) is 21.2. The number of nitrogens with zero attached hydrogens (tertiary/aromatic N) is 3. The first-order valence-electron chi connectivity index (χ1n) is 19.0. The standard InChI is InChI=1S/C38H53N5O7S2/c1-25(2)22-43(23-33(44)32(20-26-8-4-3-5-9-26)41-38(45)50-34-24-49-36-30(34)16-19-48-36)52(46,47)29-12-13-31-35(21-29)51-37(40-31)39-27-14-17-42(18-15-27)28-10-6-7-11-28/h3-5,8-9,12-13,21,25,27-28,30,32-34,36,44H,6-7,10-11,14-20,22-24H2,1-2H3,(H,39,40)(H,41,45)/t30-,32-,33+,34-,36+/m0/s1. The van der Waals surface area contributed by atoms with Crippen LogP contribution in [0, 0.1) is 11.8 Å². The minimum Gasteiger partial charge on any atom is -0.443 e. The highest BCUT2D eigenvalue weighted by Crippen LogP contribution is 2.34. The molecule has 2 aromatic carbocycles. The molecule has 4 aliphatic rings. The molecular formula is C38H53N5O7S2. The molecule has 284 valence electrons. The van der Waals surface area contributed by atoms with E-state index >= 15 is 0 Å². The molecule has 0 spiro atoms. The topological polar surface area (TPSA) is 143 Å². The third-order valence-electron chi connectivity index (χ3n) is 11.0. The highest BCUT2D eigenvalue weighted by molar-refractivity contribution is 7.89. The molecule has 0 unspecified atom stereocenters. The van der Waals surface area contributed by atoms with Gasteiger partial charge in [-0.3, -0.25) is 0 Å². The quantitative estimate of drug-likeness (QED) is 0.201. The van der Waals surface area contributed by atoms with Crippen LogP contribution in [-0.4, -0.2) is 110 Å². The fraction of sp³-hybridized carbons (Fsp3) is 0.632. The van der Waals surface area contributed by atoms with Gasteiger partial charge in [-0.1, -0.05) is 68.4 Å². The fourth-order valence-electron chi connectivity index (χ4n) is 8.16. The number of alkyl carbamates (subject to hydrolysis) is 1. The molecule has 4 heterocycles. The van der Waals surface area contributed by atoms with Crippen LogP contribution in [-0.2, 0) is 30.7 Å². The van der Waals surface area contributed by atoms with Gasteiger partial charge in [-0.2, -0.15) is 4.31 Å². The fourth-order valence-corrected chi connectivity index (χ4v) is 10.9. The predicted molar refractivity (Wildman–Crippen MR) is 201 cm³/mol. The monoisotopic (exact) mass is 755 g/mol. The molecule has 14 heteroatoms. The van der Waals surface area contributed by atoms with Crippen LogP contribution >= 0.6 is 11.3 Å². The van der Waals surface area contributed by atoms with Crippen molar-refractivity contribution in [1.29, 1.82) is 0 Å². The Hall–Kier alpha value is -2.85. The Morgan fingerprint density at radius 3 is 2.58 bits per heavy atom. The molecular weight excluding hydrogens is 703 g/mol. The van der Waals surface area contributed by atoms with E-state index in [-0.39, 0.29) is 49.1 Å². The Bertz CT molecular complexity index is 1740. The van der Waals surface area contributed by atoms with E-state index in [1.54, 1.807) is 18.2 Å². The number of amides is 1. The van der Waals surface area contributed by atoms with E-state index in [4.69, 9.17) is 19.2 Å². The normalized spacial score (nSPS) is 24.4. The van der Waals surface area contributed by atoms with Crippen LogP contribution in [0.5, 0.6) is 0 Å². The number of piperidine rings is 1. The first-order chi connectivity index (χ1) is 25.1. The Kier molecular flexibility index (Phi) is 12.0. The van der Waals surface area contributed by atoms with Crippen molar-refractivity contribution in [3.8, 4) is 0 Å². The summed E-state index contributed by atoms with van der Waals surface area (Å²) in [6.45, 7) is 6.87. The molecule has 1 amide bonds. The van der Waals surface area contributed by atoms with E-state index in [1.165, 1.54) is 41.3 Å². The highest BCUT2D eigenvalue weighted by atomic mass is 32.2. The number of likely N-dealkylation sites (tertiary alicyclic amines) is 1. The number of anilines is 1. The first kappa shape index (κ1) is 37.5. The number of aliphatic hydroxyl groups is 1. The van der Waals surface area contributed by atoms with Gasteiger partial charge in [-0.25, -0.2) is 18.2 Å². The van der Waals surface area contributed by atoms with Crippen molar-refractivity contribution in [3.63, 3.8) is 0 Å². The third-order valence-corrected chi connectivity index (χ3v) is 13.7. The molecule has 3 saturated heterocycles. The van der Waals surface area contributed by atoms with E-state index in [9.17, 15) is 18.3 Å². The highest BCUT2D eigenvalue weighted by Gasteiger charge is 2.44. The molecule has 1 aliphatic carbocycles. The molecule has 1 aromatic heterocycles. The number of sulfonamides is 1. The summed E-state index contributed by atoms with van der Waals surface area (Å²) in [7, 11) is -4.03. The third kappa shape index (κ3) is 8.91. The zero-order valence-electron chi connectivity index (χ0n) is 30.2. The summed E-state index contributed by atoms with van der Waals surface area (Å²) in [5.41, 5.74) is 1.64. The second kappa shape index (κ2) is 16.7. The Morgan fingerprint density at radius 1 is 1.06 bits per heavy atom. The van der Waals surface area contributed by atoms with E-state index in [0.717, 1.165) is 59.3 Å². The summed E-state index contributed by atoms with van der Waals surface area (Å²) >= 11 is 1.47. The number of carbonyl (C=O) groups is 1. The molecule has 7 rings (SSSR count). The molecule has 3 aliphatic heterocycles. The molecule has 3 aromatic rings. The van der Waals surface area contributed by atoms with Gasteiger partial charge >= 0.3 is 6.09 Å². The number of benzene rings is 2.